The third kappa shape index (κ3) is 5.05. The highest BCUT2D eigenvalue weighted by Crippen LogP contribution is 2.26. The van der Waals surface area contributed by atoms with Gasteiger partial charge in [0.05, 0.1) is 30.3 Å². The number of anilines is 1. The fourth-order valence-electron chi connectivity index (χ4n) is 3.12. The number of esters is 1. The van der Waals surface area contributed by atoms with E-state index in [0.29, 0.717) is 34.7 Å². The van der Waals surface area contributed by atoms with Gasteiger partial charge in [-0.05, 0) is 38.0 Å². The van der Waals surface area contributed by atoms with Gasteiger partial charge in [0.25, 0.3) is 5.56 Å². The van der Waals surface area contributed by atoms with Crippen LogP contribution in [-0.2, 0) is 22.2 Å². The Balaban J connectivity index is 2.02. The minimum atomic E-state index is -1.05. The van der Waals surface area contributed by atoms with Crippen LogP contribution >= 0.6 is 0 Å². The van der Waals surface area contributed by atoms with Gasteiger partial charge in [0.1, 0.15) is 16.8 Å². The first kappa shape index (κ1) is 22.4. The van der Waals surface area contributed by atoms with E-state index < -0.39 is 5.60 Å². The lowest BCUT2D eigenvalue weighted by molar-refractivity contribution is -0.141. The summed E-state index contributed by atoms with van der Waals surface area (Å²) in [4.78, 5) is 37.6. The quantitative estimate of drug-likeness (QED) is 0.553. The molecule has 1 atom stereocenters. The molecule has 0 fully saturated rings. The number of methoxy groups -OCH3 is 1. The molecular weight excluding hydrogens is 398 g/mol. The summed E-state index contributed by atoms with van der Waals surface area (Å²) in [6.07, 6.45) is 3.35. The van der Waals surface area contributed by atoms with Crippen LogP contribution < -0.4 is 10.9 Å². The SMILES string of the molecule is COC(=O)C[C@@H](C)CNc1nc(-c2ccc(C(C)(C)O)nc2)cc2ncn(C)c(=O)c12. The average Bonchev–Trinajstić information content (AvgIpc) is 2.73. The molecule has 0 aromatic carbocycles. The van der Waals surface area contributed by atoms with Crippen LogP contribution in [0.4, 0.5) is 5.82 Å². The lowest BCUT2D eigenvalue weighted by Crippen LogP contribution is -2.21. The van der Waals surface area contributed by atoms with Gasteiger partial charge in [-0.1, -0.05) is 6.92 Å². The van der Waals surface area contributed by atoms with Crippen LogP contribution in [0.2, 0.25) is 0 Å². The molecule has 9 nitrogen and oxygen atoms in total. The normalized spacial score (nSPS) is 12.6. The maximum atomic E-state index is 12.7. The number of nitrogens with zero attached hydrogens (tertiary/aromatic N) is 4. The van der Waals surface area contributed by atoms with Gasteiger partial charge < -0.3 is 19.7 Å². The van der Waals surface area contributed by atoms with Crippen LogP contribution in [0.3, 0.4) is 0 Å². The number of ether oxygens (including phenoxy) is 1. The Bertz CT molecular complexity index is 1150. The Morgan fingerprint density at radius 3 is 2.68 bits per heavy atom. The molecule has 3 aromatic heterocycles. The largest absolute Gasteiger partial charge is 0.469 e. The summed E-state index contributed by atoms with van der Waals surface area (Å²) in [5, 5.41) is 13.7. The number of hydrogen-bond acceptors (Lipinski definition) is 8. The number of rotatable bonds is 7. The van der Waals surface area contributed by atoms with Crippen molar-refractivity contribution in [2.24, 2.45) is 13.0 Å². The van der Waals surface area contributed by atoms with Crippen LogP contribution in [0.15, 0.2) is 35.5 Å². The molecule has 0 aliphatic carbocycles. The molecule has 9 heteroatoms. The van der Waals surface area contributed by atoms with E-state index in [9.17, 15) is 14.7 Å². The monoisotopic (exact) mass is 425 g/mol. The first-order valence-corrected chi connectivity index (χ1v) is 9.96. The van der Waals surface area contributed by atoms with E-state index >= 15 is 0 Å². The van der Waals surface area contributed by atoms with E-state index in [1.807, 2.05) is 13.0 Å². The number of pyridine rings is 2. The van der Waals surface area contributed by atoms with Gasteiger partial charge in [0.15, 0.2) is 0 Å². The Morgan fingerprint density at radius 1 is 1.32 bits per heavy atom. The molecule has 0 unspecified atom stereocenters. The zero-order valence-electron chi connectivity index (χ0n) is 18.3. The van der Waals surface area contributed by atoms with Crippen molar-refractivity contribution in [3.8, 4) is 11.3 Å². The number of aromatic nitrogens is 4. The highest BCUT2D eigenvalue weighted by Gasteiger charge is 2.19. The van der Waals surface area contributed by atoms with Crippen molar-refractivity contribution in [2.75, 3.05) is 19.0 Å². The van der Waals surface area contributed by atoms with Crippen molar-refractivity contribution in [1.82, 2.24) is 19.5 Å². The fourth-order valence-corrected chi connectivity index (χ4v) is 3.12. The molecule has 0 radical (unpaired) electrons. The maximum Gasteiger partial charge on any atom is 0.305 e. The number of aryl methyl sites for hydroxylation is 1. The molecule has 0 saturated carbocycles. The Labute approximate surface area is 180 Å². The lowest BCUT2D eigenvalue weighted by Gasteiger charge is -2.17. The van der Waals surface area contributed by atoms with E-state index in [0.717, 1.165) is 5.56 Å². The molecule has 3 aromatic rings. The minimum Gasteiger partial charge on any atom is -0.469 e. The van der Waals surface area contributed by atoms with Gasteiger partial charge in [0.2, 0.25) is 0 Å². The van der Waals surface area contributed by atoms with Gasteiger partial charge in [0, 0.05) is 31.8 Å². The molecule has 0 aliphatic heterocycles. The van der Waals surface area contributed by atoms with Crippen molar-refractivity contribution in [2.45, 2.75) is 32.8 Å². The molecule has 0 saturated heterocycles. The number of nitrogens with one attached hydrogen (secondary N) is 1. The summed E-state index contributed by atoms with van der Waals surface area (Å²) in [5.41, 5.74) is 1.09. The van der Waals surface area contributed by atoms with E-state index in [1.54, 1.807) is 39.2 Å². The van der Waals surface area contributed by atoms with Gasteiger partial charge in [-0.3, -0.25) is 14.6 Å². The molecule has 0 bridgehead atoms. The summed E-state index contributed by atoms with van der Waals surface area (Å²) >= 11 is 0. The van der Waals surface area contributed by atoms with Crippen molar-refractivity contribution >= 4 is 22.7 Å². The lowest BCUT2D eigenvalue weighted by atomic mass is 10.0. The highest BCUT2D eigenvalue weighted by molar-refractivity contribution is 5.91. The predicted octanol–water partition coefficient (Wildman–Crippen LogP) is 2.23. The maximum absolute atomic E-state index is 12.7. The van der Waals surface area contributed by atoms with Crippen LogP contribution in [0, 0.1) is 5.92 Å². The van der Waals surface area contributed by atoms with E-state index in [2.05, 4.69) is 20.3 Å². The smallest absolute Gasteiger partial charge is 0.305 e. The average molecular weight is 425 g/mol. The van der Waals surface area contributed by atoms with E-state index in [1.165, 1.54) is 18.0 Å². The molecule has 0 amide bonds. The second-order valence-corrected chi connectivity index (χ2v) is 8.17. The number of aliphatic hydroxyl groups is 1. The second-order valence-electron chi connectivity index (χ2n) is 8.17. The van der Waals surface area contributed by atoms with Crippen molar-refractivity contribution in [1.29, 1.82) is 0 Å². The third-order valence-corrected chi connectivity index (χ3v) is 4.95. The first-order chi connectivity index (χ1) is 14.6. The molecule has 2 N–H and O–H groups in total. The first-order valence-electron chi connectivity index (χ1n) is 9.96. The minimum absolute atomic E-state index is 0.0267. The van der Waals surface area contributed by atoms with Crippen molar-refractivity contribution in [3.63, 3.8) is 0 Å². The Morgan fingerprint density at radius 2 is 2.06 bits per heavy atom. The van der Waals surface area contributed by atoms with Crippen molar-refractivity contribution in [3.05, 3.63) is 46.8 Å². The van der Waals surface area contributed by atoms with Gasteiger partial charge >= 0.3 is 5.97 Å². The van der Waals surface area contributed by atoms with Crippen LogP contribution in [0.25, 0.3) is 22.2 Å². The Hall–Kier alpha value is -3.33. The number of fused-ring (bicyclic) bond motifs is 1. The number of carbonyl (C=O) groups is 1. The van der Waals surface area contributed by atoms with E-state index in [4.69, 9.17) is 4.74 Å². The van der Waals surface area contributed by atoms with Gasteiger partial charge in [-0.2, -0.15) is 0 Å². The molecule has 31 heavy (non-hydrogen) atoms. The third-order valence-electron chi connectivity index (χ3n) is 4.95. The molecular formula is C22H27N5O4. The topological polar surface area (TPSA) is 119 Å². The molecule has 0 aliphatic rings. The van der Waals surface area contributed by atoms with Crippen molar-refractivity contribution < 1.29 is 14.6 Å². The van der Waals surface area contributed by atoms with Gasteiger partial charge in [-0.15, -0.1) is 0 Å². The highest BCUT2D eigenvalue weighted by atomic mass is 16.5. The fraction of sp³-hybridized carbons (Fsp3) is 0.409. The standard InChI is InChI=1S/C22H27N5O4/c1-13(8-18(28)31-5)10-24-20-19-16(25-12-27(4)21(19)29)9-15(26-20)14-6-7-17(23-11-14)22(2,3)30/h6-7,9,11-13,30H,8,10H2,1-5H3,(H,24,26)/t13-/m1/s1. The molecule has 3 rings (SSSR count). The second kappa shape index (κ2) is 8.81. The number of carbonyl (C=O) groups excluding carboxylic acids is 1. The molecule has 0 spiro atoms. The van der Waals surface area contributed by atoms with Crippen LogP contribution in [0.5, 0.6) is 0 Å². The summed E-state index contributed by atoms with van der Waals surface area (Å²) in [6, 6.07) is 5.30. The molecule has 3 heterocycles. The summed E-state index contributed by atoms with van der Waals surface area (Å²) in [6.45, 7) is 5.67. The summed E-state index contributed by atoms with van der Waals surface area (Å²) < 4.78 is 6.11. The zero-order valence-corrected chi connectivity index (χ0v) is 18.3. The van der Waals surface area contributed by atoms with Crippen LogP contribution in [0.1, 0.15) is 32.9 Å². The van der Waals surface area contributed by atoms with E-state index in [-0.39, 0.29) is 23.9 Å². The predicted molar refractivity (Wildman–Crippen MR) is 118 cm³/mol. The Kier molecular flexibility index (Phi) is 6.35. The zero-order chi connectivity index (χ0) is 22.8. The summed E-state index contributed by atoms with van der Waals surface area (Å²) in [5.74, 6) is 0.0714. The van der Waals surface area contributed by atoms with Crippen LogP contribution in [-0.4, -0.2) is 44.2 Å². The summed E-state index contributed by atoms with van der Waals surface area (Å²) in [7, 11) is 2.99. The number of hydrogen-bond donors (Lipinski definition) is 2. The molecule has 164 valence electrons. The van der Waals surface area contributed by atoms with Gasteiger partial charge in [-0.25, -0.2) is 9.97 Å².